The fourth-order valence-electron chi connectivity index (χ4n) is 4.75. The fraction of sp³-hybridized carbons (Fsp3) is 0.241. The van der Waals surface area contributed by atoms with Crippen LogP contribution in [0, 0.1) is 0 Å². The summed E-state index contributed by atoms with van der Waals surface area (Å²) in [5, 5.41) is 21.1. The summed E-state index contributed by atoms with van der Waals surface area (Å²) in [6, 6.07) is 18.8. The molecule has 4 aromatic rings. The molecule has 0 saturated heterocycles. The highest BCUT2D eigenvalue weighted by Gasteiger charge is 2.32. The predicted octanol–water partition coefficient (Wildman–Crippen LogP) is 4.49. The number of carbonyl (C=O) groups excluding carboxylic acids is 1. The number of urea groups is 1. The first-order chi connectivity index (χ1) is 19.6. The Labute approximate surface area is 233 Å². The van der Waals surface area contributed by atoms with Crippen LogP contribution in [-0.4, -0.2) is 35.7 Å². The van der Waals surface area contributed by atoms with Gasteiger partial charge in [0.15, 0.2) is 6.54 Å². The van der Waals surface area contributed by atoms with Crippen LogP contribution in [-0.2, 0) is 25.6 Å². The zero-order chi connectivity index (χ0) is 29.0. The van der Waals surface area contributed by atoms with Gasteiger partial charge in [-0.15, -0.1) is 0 Å². The molecule has 2 heterocycles. The summed E-state index contributed by atoms with van der Waals surface area (Å²) in [6.07, 6.45) is -2.35. The number of hydrogen-bond donors (Lipinski definition) is 2. The summed E-state index contributed by atoms with van der Waals surface area (Å²) in [5.74, 6) is -0.618. The molecule has 1 aliphatic rings. The highest BCUT2D eigenvalue weighted by atomic mass is 19.4. The monoisotopic (exact) mass is 564 g/mol. The van der Waals surface area contributed by atoms with Crippen molar-refractivity contribution in [2.75, 3.05) is 24.2 Å². The minimum Gasteiger partial charge on any atom is -0.861 e. The number of amides is 2. The fourth-order valence-corrected chi connectivity index (χ4v) is 4.75. The number of nitrogens with zero attached hydrogens (tertiary/aromatic N) is 4. The number of fused-ring (bicyclic) bond motifs is 1. The molecule has 2 N–H and O–H groups in total. The quantitative estimate of drug-likeness (QED) is 0.195. The smallest absolute Gasteiger partial charge is 0.416 e. The third kappa shape index (κ3) is 7.09. The first-order valence-electron chi connectivity index (χ1n) is 12.9. The number of aliphatic imine (C=N–C) groups is 1. The summed E-state index contributed by atoms with van der Waals surface area (Å²) in [7, 11) is 2.03. The van der Waals surface area contributed by atoms with Gasteiger partial charge in [0.1, 0.15) is 0 Å². The lowest BCUT2D eigenvalue weighted by Gasteiger charge is -2.31. The maximum Gasteiger partial charge on any atom is 0.416 e. The van der Waals surface area contributed by atoms with Crippen LogP contribution in [0.1, 0.15) is 28.3 Å². The Morgan fingerprint density at radius 1 is 1.12 bits per heavy atom. The van der Waals surface area contributed by atoms with Crippen molar-refractivity contribution in [3.63, 3.8) is 0 Å². The van der Waals surface area contributed by atoms with E-state index in [4.69, 9.17) is 4.52 Å². The Morgan fingerprint density at radius 3 is 2.66 bits per heavy atom. The van der Waals surface area contributed by atoms with E-state index in [0.717, 1.165) is 25.1 Å². The Bertz CT molecular complexity index is 1550. The number of aromatic nitrogens is 2. The summed E-state index contributed by atoms with van der Waals surface area (Å²) >= 11 is 0. The number of anilines is 2. The van der Waals surface area contributed by atoms with Crippen molar-refractivity contribution in [1.82, 2.24) is 10.2 Å². The summed E-state index contributed by atoms with van der Waals surface area (Å²) < 4.78 is 47.4. The van der Waals surface area contributed by atoms with Crippen LogP contribution in [0.15, 0.2) is 88.5 Å². The van der Waals surface area contributed by atoms with Gasteiger partial charge in [0.2, 0.25) is 5.27 Å². The van der Waals surface area contributed by atoms with E-state index >= 15 is 0 Å². The van der Waals surface area contributed by atoms with Gasteiger partial charge in [0, 0.05) is 18.7 Å². The highest BCUT2D eigenvalue weighted by Crippen LogP contribution is 2.34. The molecule has 3 aromatic carbocycles. The average Bonchev–Trinajstić information content (AvgIpc) is 3.36. The van der Waals surface area contributed by atoms with Crippen LogP contribution in [0.5, 0.6) is 0 Å². The van der Waals surface area contributed by atoms with E-state index in [2.05, 4.69) is 37.9 Å². The molecule has 2 amide bonds. The Balaban J connectivity index is 1.27. The molecule has 1 aromatic heterocycles. The number of alkyl halides is 3. The van der Waals surface area contributed by atoms with Crippen LogP contribution in [0.3, 0.4) is 0 Å². The molecule has 1 unspecified atom stereocenters. The van der Waals surface area contributed by atoms with E-state index in [0.29, 0.717) is 12.1 Å². The Hall–Kier alpha value is -4.71. The van der Waals surface area contributed by atoms with Crippen LogP contribution < -0.4 is 20.4 Å². The number of nitrogens with one attached hydrogen (secondary N) is 2. The van der Waals surface area contributed by atoms with Gasteiger partial charge >= 0.3 is 18.1 Å². The van der Waals surface area contributed by atoms with Gasteiger partial charge in [0.05, 0.1) is 17.3 Å². The Morgan fingerprint density at radius 2 is 1.88 bits per heavy atom. The molecule has 1 aliphatic heterocycles. The molecule has 0 radical (unpaired) electrons. The summed E-state index contributed by atoms with van der Waals surface area (Å²) in [5.41, 5.74) is 1.65. The molecule has 41 heavy (non-hydrogen) atoms. The number of halogens is 3. The van der Waals surface area contributed by atoms with E-state index in [1.807, 2.05) is 19.2 Å². The van der Waals surface area contributed by atoms with Gasteiger partial charge in [-0.2, -0.15) is 13.2 Å². The number of hydrogen-bond acceptors (Lipinski definition) is 6. The molecule has 0 fully saturated rings. The first-order valence-corrected chi connectivity index (χ1v) is 12.9. The van der Waals surface area contributed by atoms with Crippen molar-refractivity contribution in [2.45, 2.75) is 31.6 Å². The molecule has 12 heteroatoms. The van der Waals surface area contributed by atoms with Crippen LogP contribution in [0.4, 0.5) is 35.2 Å². The van der Waals surface area contributed by atoms with Gasteiger partial charge in [-0.25, -0.2) is 4.79 Å². The van der Waals surface area contributed by atoms with Gasteiger partial charge in [-0.1, -0.05) is 54.6 Å². The van der Waals surface area contributed by atoms with E-state index < -0.39 is 23.7 Å². The van der Waals surface area contributed by atoms with Gasteiger partial charge < -0.3 is 10.4 Å². The zero-order valence-corrected chi connectivity index (χ0v) is 22.1. The number of benzene rings is 3. The van der Waals surface area contributed by atoms with Crippen LogP contribution in [0.2, 0.25) is 0 Å². The molecule has 0 spiro atoms. The molecule has 0 aliphatic carbocycles. The molecular formula is C29H27F3N6O3. The van der Waals surface area contributed by atoms with Crippen molar-refractivity contribution >= 4 is 29.2 Å². The van der Waals surface area contributed by atoms with Crippen LogP contribution in [0.25, 0.3) is 0 Å². The van der Waals surface area contributed by atoms with Gasteiger partial charge in [-0.3, -0.25) is 19.7 Å². The van der Waals surface area contributed by atoms with E-state index in [1.54, 1.807) is 35.0 Å². The molecule has 0 bridgehead atoms. The van der Waals surface area contributed by atoms with Crippen LogP contribution >= 0.6 is 0 Å². The number of carbonyl (C=O) groups is 1. The zero-order valence-electron chi connectivity index (χ0n) is 22.1. The summed E-state index contributed by atoms with van der Waals surface area (Å²) in [4.78, 5) is 18.7. The lowest BCUT2D eigenvalue weighted by Crippen LogP contribution is -2.45. The minimum atomic E-state index is -4.72. The van der Waals surface area contributed by atoms with E-state index in [1.165, 1.54) is 23.4 Å². The third-order valence-electron chi connectivity index (χ3n) is 6.74. The molecular weight excluding hydrogens is 537 g/mol. The molecule has 1 atom stereocenters. The predicted molar refractivity (Wildman–Crippen MR) is 144 cm³/mol. The number of likely N-dealkylation sites (N-methyl/N-ethyl adjacent to an activating group) is 1. The normalized spacial score (nSPS) is 15.8. The second-order valence-corrected chi connectivity index (χ2v) is 9.75. The van der Waals surface area contributed by atoms with E-state index in [9.17, 15) is 23.1 Å². The molecule has 9 nitrogen and oxygen atoms in total. The van der Waals surface area contributed by atoms with E-state index in [-0.39, 0.29) is 29.7 Å². The van der Waals surface area contributed by atoms with Crippen molar-refractivity contribution in [3.05, 3.63) is 101 Å². The van der Waals surface area contributed by atoms with Gasteiger partial charge in [0.25, 0.3) is 6.20 Å². The maximum absolute atomic E-state index is 13.5. The van der Waals surface area contributed by atoms with Crippen molar-refractivity contribution < 1.29 is 32.3 Å². The lowest BCUT2D eigenvalue weighted by atomic mass is 9.93. The molecule has 212 valence electrons. The van der Waals surface area contributed by atoms with Crippen molar-refractivity contribution in [1.29, 1.82) is 0 Å². The topological polar surface area (TPSA) is 110 Å². The second-order valence-electron chi connectivity index (χ2n) is 9.75. The third-order valence-corrected chi connectivity index (χ3v) is 6.74. The first kappa shape index (κ1) is 27.8. The minimum absolute atomic E-state index is 0.00386. The summed E-state index contributed by atoms with van der Waals surface area (Å²) in [6.45, 7) is 1.35. The molecule has 5 rings (SSSR count). The van der Waals surface area contributed by atoms with Crippen molar-refractivity contribution in [2.24, 2.45) is 4.99 Å². The Kier molecular flexibility index (Phi) is 8.02. The number of rotatable bonds is 7. The maximum atomic E-state index is 13.5. The molecule has 0 saturated carbocycles. The second kappa shape index (κ2) is 11.8. The average molecular weight is 565 g/mol. The highest BCUT2D eigenvalue weighted by molar-refractivity contribution is 5.99. The lowest BCUT2D eigenvalue weighted by molar-refractivity contribution is -0.766. The SMILES string of the molecule is CN1CCc2ccccc2C1C[n+]1cc(NC(=O)Nc2cc(N=C([O-])Cc3ccccc3)cc(C(F)(F)F)c2)on1. The largest absolute Gasteiger partial charge is 0.861 e. The standard InChI is InChI=1S/C29H27F3N6O3/c1-37-12-11-20-9-5-6-10-24(20)25(37)17-38-18-27(41-36-38)35-28(40)34-23-15-21(29(30,31)32)14-22(16-23)33-26(39)13-19-7-3-2-4-8-19/h2-10,14-16,18,25H,11-13,17H2,1H3,(H2-,33,34,35,36,39,40). The van der Waals surface area contributed by atoms with Gasteiger partial charge in [-0.05, 0) is 58.9 Å². The van der Waals surface area contributed by atoms with Crippen molar-refractivity contribution in [3.8, 4) is 0 Å².